The monoisotopic (exact) mass is 255 g/mol. The topological polar surface area (TPSA) is 70.7 Å². The molecule has 2 heterocycles. The van der Waals surface area contributed by atoms with Crippen LogP contribution >= 0.6 is 0 Å². The predicted molar refractivity (Wildman–Crippen MR) is 66.0 cm³/mol. The first-order valence-electron chi connectivity index (χ1n) is 6.45. The molecule has 0 aromatic carbocycles. The van der Waals surface area contributed by atoms with Gasteiger partial charge in [0, 0.05) is 39.1 Å². The second-order valence-electron chi connectivity index (χ2n) is 5.22. The summed E-state index contributed by atoms with van der Waals surface area (Å²) in [6.45, 7) is 7.12. The fourth-order valence-electron chi connectivity index (χ4n) is 2.30. The van der Waals surface area contributed by atoms with Crippen LogP contribution in [0.2, 0.25) is 0 Å². The minimum Gasteiger partial charge on any atom is -0.379 e. The third-order valence-electron chi connectivity index (χ3n) is 3.59. The van der Waals surface area contributed by atoms with E-state index in [2.05, 4.69) is 15.5 Å². The van der Waals surface area contributed by atoms with Gasteiger partial charge >= 0.3 is 0 Å². The normalized spacial score (nSPS) is 29.1. The Morgan fingerprint density at radius 1 is 1.50 bits per heavy atom. The fourth-order valence-corrected chi connectivity index (χ4v) is 2.30. The summed E-state index contributed by atoms with van der Waals surface area (Å²) in [6, 6.07) is 0. The van der Waals surface area contributed by atoms with Crippen molar-refractivity contribution in [3.05, 3.63) is 0 Å². The Kier molecular flexibility index (Phi) is 4.19. The third kappa shape index (κ3) is 3.20. The van der Waals surface area contributed by atoms with Crippen molar-refractivity contribution >= 4 is 11.8 Å². The predicted octanol–water partition coefficient (Wildman–Crippen LogP) is -1.04. The van der Waals surface area contributed by atoms with E-state index in [0.29, 0.717) is 13.1 Å². The molecule has 0 aromatic heterocycles. The van der Waals surface area contributed by atoms with E-state index in [1.165, 1.54) is 0 Å². The zero-order chi connectivity index (χ0) is 13.0. The number of carbonyl (C=O) groups is 2. The van der Waals surface area contributed by atoms with Crippen LogP contribution < -0.4 is 10.6 Å². The van der Waals surface area contributed by atoms with Crippen LogP contribution in [-0.4, -0.2) is 62.7 Å². The van der Waals surface area contributed by atoms with Crippen LogP contribution in [0.4, 0.5) is 0 Å². The zero-order valence-electron chi connectivity index (χ0n) is 10.8. The van der Waals surface area contributed by atoms with Crippen LogP contribution in [-0.2, 0) is 14.3 Å². The molecule has 2 saturated heterocycles. The standard InChI is InChI=1S/C12H21N3O3/c1-12(8-10(16)14-9-12)11(17)13-2-3-15-4-6-18-7-5-15/h2-9H2,1H3,(H,13,17)(H,14,16). The third-order valence-corrected chi connectivity index (χ3v) is 3.59. The maximum Gasteiger partial charge on any atom is 0.228 e. The number of amides is 2. The molecular formula is C12H21N3O3. The molecule has 0 spiro atoms. The van der Waals surface area contributed by atoms with Crippen LogP contribution in [0.1, 0.15) is 13.3 Å². The second kappa shape index (κ2) is 5.67. The highest BCUT2D eigenvalue weighted by atomic mass is 16.5. The molecule has 0 radical (unpaired) electrons. The van der Waals surface area contributed by atoms with Gasteiger partial charge in [0.25, 0.3) is 0 Å². The van der Waals surface area contributed by atoms with Crippen molar-refractivity contribution < 1.29 is 14.3 Å². The lowest BCUT2D eigenvalue weighted by Gasteiger charge is -2.27. The first-order valence-corrected chi connectivity index (χ1v) is 6.45. The van der Waals surface area contributed by atoms with Crippen LogP contribution in [0.3, 0.4) is 0 Å². The molecule has 1 unspecified atom stereocenters. The molecule has 0 aliphatic carbocycles. The SMILES string of the molecule is CC1(C(=O)NCCN2CCOCC2)CNC(=O)C1. The number of morpholine rings is 1. The molecule has 2 aliphatic rings. The molecule has 2 fully saturated rings. The van der Waals surface area contributed by atoms with Gasteiger partial charge in [-0.3, -0.25) is 14.5 Å². The van der Waals surface area contributed by atoms with Crippen molar-refractivity contribution in [2.24, 2.45) is 5.41 Å². The van der Waals surface area contributed by atoms with E-state index >= 15 is 0 Å². The van der Waals surface area contributed by atoms with Gasteiger partial charge in [0.05, 0.1) is 18.6 Å². The van der Waals surface area contributed by atoms with Gasteiger partial charge in [0.2, 0.25) is 11.8 Å². The molecule has 2 aliphatic heterocycles. The molecule has 0 bridgehead atoms. The number of carbonyl (C=O) groups excluding carboxylic acids is 2. The van der Waals surface area contributed by atoms with Gasteiger partial charge in [-0.1, -0.05) is 0 Å². The zero-order valence-corrected chi connectivity index (χ0v) is 10.8. The maximum atomic E-state index is 12.0. The molecule has 0 aromatic rings. The van der Waals surface area contributed by atoms with Gasteiger partial charge in [0.1, 0.15) is 0 Å². The van der Waals surface area contributed by atoms with Crippen molar-refractivity contribution in [1.82, 2.24) is 15.5 Å². The molecule has 2 amide bonds. The number of rotatable bonds is 4. The van der Waals surface area contributed by atoms with Gasteiger partial charge in [-0.2, -0.15) is 0 Å². The fraction of sp³-hybridized carbons (Fsp3) is 0.833. The molecular weight excluding hydrogens is 234 g/mol. The summed E-state index contributed by atoms with van der Waals surface area (Å²) >= 11 is 0. The molecule has 6 heteroatoms. The van der Waals surface area contributed by atoms with Gasteiger partial charge in [-0.25, -0.2) is 0 Å². The van der Waals surface area contributed by atoms with Crippen molar-refractivity contribution in [2.45, 2.75) is 13.3 Å². The summed E-state index contributed by atoms with van der Waals surface area (Å²) in [5.41, 5.74) is -0.581. The largest absolute Gasteiger partial charge is 0.379 e. The average Bonchev–Trinajstić information content (AvgIpc) is 2.72. The lowest BCUT2D eigenvalue weighted by molar-refractivity contribution is -0.131. The summed E-state index contributed by atoms with van der Waals surface area (Å²) < 4.78 is 5.26. The smallest absolute Gasteiger partial charge is 0.228 e. The number of hydrogen-bond acceptors (Lipinski definition) is 4. The Labute approximate surface area is 107 Å². The molecule has 2 rings (SSSR count). The summed E-state index contributed by atoms with van der Waals surface area (Å²) in [5, 5.41) is 5.62. The average molecular weight is 255 g/mol. The Bertz CT molecular complexity index is 329. The number of nitrogens with zero attached hydrogens (tertiary/aromatic N) is 1. The molecule has 1 atom stereocenters. The van der Waals surface area contributed by atoms with Crippen molar-refractivity contribution in [3.8, 4) is 0 Å². The lowest BCUT2D eigenvalue weighted by atomic mass is 9.88. The van der Waals surface area contributed by atoms with Crippen LogP contribution in [0, 0.1) is 5.41 Å². The molecule has 6 nitrogen and oxygen atoms in total. The summed E-state index contributed by atoms with van der Waals surface area (Å²) in [4.78, 5) is 25.4. The Hall–Kier alpha value is -1.14. The number of hydrogen-bond donors (Lipinski definition) is 2. The van der Waals surface area contributed by atoms with Crippen molar-refractivity contribution in [2.75, 3.05) is 45.9 Å². The van der Waals surface area contributed by atoms with Gasteiger partial charge < -0.3 is 15.4 Å². The van der Waals surface area contributed by atoms with Crippen molar-refractivity contribution in [3.63, 3.8) is 0 Å². The Morgan fingerprint density at radius 2 is 2.22 bits per heavy atom. The second-order valence-corrected chi connectivity index (χ2v) is 5.22. The van der Waals surface area contributed by atoms with E-state index in [9.17, 15) is 9.59 Å². The highest BCUT2D eigenvalue weighted by Crippen LogP contribution is 2.25. The maximum absolute atomic E-state index is 12.0. The van der Waals surface area contributed by atoms with E-state index in [-0.39, 0.29) is 18.2 Å². The molecule has 2 N–H and O–H groups in total. The van der Waals surface area contributed by atoms with E-state index < -0.39 is 5.41 Å². The van der Waals surface area contributed by atoms with Gasteiger partial charge in [0.15, 0.2) is 0 Å². The first-order chi connectivity index (χ1) is 8.60. The van der Waals surface area contributed by atoms with E-state index in [1.807, 2.05) is 6.92 Å². The lowest BCUT2D eigenvalue weighted by Crippen LogP contribution is -2.45. The summed E-state index contributed by atoms with van der Waals surface area (Å²) in [6.07, 6.45) is 0.288. The molecule has 102 valence electrons. The highest BCUT2D eigenvalue weighted by molar-refractivity contribution is 5.92. The van der Waals surface area contributed by atoms with E-state index in [1.54, 1.807) is 0 Å². The Morgan fingerprint density at radius 3 is 2.83 bits per heavy atom. The van der Waals surface area contributed by atoms with Crippen LogP contribution in [0.15, 0.2) is 0 Å². The quantitative estimate of drug-likeness (QED) is 0.673. The van der Waals surface area contributed by atoms with Crippen molar-refractivity contribution in [1.29, 1.82) is 0 Å². The summed E-state index contributed by atoms with van der Waals surface area (Å²) in [5.74, 6) is -0.0741. The molecule has 0 saturated carbocycles. The first kappa shape index (κ1) is 13.3. The van der Waals surface area contributed by atoms with Crippen LogP contribution in [0.25, 0.3) is 0 Å². The Balaban J connectivity index is 1.69. The highest BCUT2D eigenvalue weighted by Gasteiger charge is 2.40. The number of ether oxygens (including phenoxy) is 1. The minimum absolute atomic E-state index is 0.0332. The minimum atomic E-state index is -0.581. The van der Waals surface area contributed by atoms with Gasteiger partial charge in [-0.05, 0) is 6.92 Å². The van der Waals surface area contributed by atoms with Gasteiger partial charge in [-0.15, -0.1) is 0 Å². The summed E-state index contributed by atoms with van der Waals surface area (Å²) in [7, 11) is 0. The number of nitrogens with one attached hydrogen (secondary N) is 2. The van der Waals surface area contributed by atoms with E-state index in [4.69, 9.17) is 4.74 Å². The molecule has 18 heavy (non-hydrogen) atoms. The van der Waals surface area contributed by atoms with E-state index in [0.717, 1.165) is 32.8 Å². The van der Waals surface area contributed by atoms with Crippen LogP contribution in [0.5, 0.6) is 0 Å².